The summed E-state index contributed by atoms with van der Waals surface area (Å²) < 4.78 is 39.4. The summed E-state index contributed by atoms with van der Waals surface area (Å²) in [4.78, 5) is 11.8. The zero-order valence-electron chi connectivity index (χ0n) is 9.56. The van der Waals surface area contributed by atoms with Gasteiger partial charge in [0.1, 0.15) is 11.6 Å². The van der Waals surface area contributed by atoms with Crippen LogP contribution in [0.5, 0.6) is 0 Å². The summed E-state index contributed by atoms with van der Waals surface area (Å²) in [6.45, 7) is 0. The summed E-state index contributed by atoms with van der Waals surface area (Å²) in [5.74, 6) is -4.30. The van der Waals surface area contributed by atoms with Gasteiger partial charge in [0.2, 0.25) is 5.92 Å². The summed E-state index contributed by atoms with van der Waals surface area (Å²) in [6, 6.07) is 4.02. The van der Waals surface area contributed by atoms with Crippen molar-refractivity contribution in [3.63, 3.8) is 0 Å². The summed E-state index contributed by atoms with van der Waals surface area (Å²) in [6.07, 6.45) is -0.641. The second-order valence-electron chi connectivity index (χ2n) is 4.67. The van der Waals surface area contributed by atoms with E-state index in [4.69, 9.17) is 11.6 Å². The second-order valence-corrected chi connectivity index (χ2v) is 5.11. The molecule has 0 N–H and O–H groups in total. The lowest BCUT2D eigenvalue weighted by molar-refractivity contribution is -0.123. The van der Waals surface area contributed by atoms with Crippen molar-refractivity contribution in [1.29, 1.82) is 0 Å². The lowest BCUT2D eigenvalue weighted by Crippen LogP contribution is -2.17. The summed E-state index contributed by atoms with van der Waals surface area (Å²) in [5, 5.41) is 0.246. The molecule has 1 aliphatic carbocycles. The standard InChI is InChI=1S/C13H12ClF3O/c14-10-2-1-8(11(15)6-10)5-12(18)9-3-4-13(16,17)7-9/h1-2,6,9H,3-5,7H2. The predicted molar refractivity (Wildman–Crippen MR) is 62.4 cm³/mol. The molecular formula is C13H12ClF3O. The van der Waals surface area contributed by atoms with Crippen molar-refractivity contribution in [2.75, 3.05) is 0 Å². The summed E-state index contributed by atoms with van der Waals surface area (Å²) >= 11 is 5.59. The van der Waals surface area contributed by atoms with Crippen LogP contribution in [0.25, 0.3) is 0 Å². The number of hydrogen-bond acceptors (Lipinski definition) is 1. The molecule has 1 aromatic carbocycles. The molecule has 1 fully saturated rings. The van der Waals surface area contributed by atoms with Crippen LogP contribution in [0.3, 0.4) is 0 Å². The maximum absolute atomic E-state index is 13.5. The Bertz CT molecular complexity index is 473. The number of benzene rings is 1. The van der Waals surface area contributed by atoms with Crippen molar-refractivity contribution in [3.05, 3.63) is 34.6 Å². The van der Waals surface area contributed by atoms with E-state index in [1.54, 1.807) is 0 Å². The summed E-state index contributed by atoms with van der Waals surface area (Å²) in [5.41, 5.74) is 0.208. The number of carbonyl (C=O) groups is 1. The molecule has 1 unspecified atom stereocenters. The number of carbonyl (C=O) groups excluding carboxylic acids is 1. The van der Waals surface area contributed by atoms with Crippen LogP contribution in [0.1, 0.15) is 24.8 Å². The zero-order valence-corrected chi connectivity index (χ0v) is 10.3. The first-order valence-corrected chi connectivity index (χ1v) is 6.10. The molecule has 5 heteroatoms. The van der Waals surface area contributed by atoms with Crippen molar-refractivity contribution in [3.8, 4) is 0 Å². The van der Waals surface area contributed by atoms with Crippen LogP contribution in [-0.2, 0) is 11.2 Å². The van der Waals surface area contributed by atoms with Gasteiger partial charge in [0, 0.05) is 30.2 Å². The van der Waals surface area contributed by atoms with E-state index in [-0.39, 0.29) is 35.6 Å². The predicted octanol–water partition coefficient (Wildman–Crippen LogP) is 4.03. The smallest absolute Gasteiger partial charge is 0.248 e. The van der Waals surface area contributed by atoms with Gasteiger partial charge in [-0.25, -0.2) is 13.2 Å². The molecule has 0 saturated heterocycles. The van der Waals surface area contributed by atoms with E-state index in [0.29, 0.717) is 0 Å². The van der Waals surface area contributed by atoms with Gasteiger partial charge in [-0.3, -0.25) is 4.79 Å². The Morgan fingerprint density at radius 1 is 1.44 bits per heavy atom. The van der Waals surface area contributed by atoms with E-state index >= 15 is 0 Å². The van der Waals surface area contributed by atoms with Gasteiger partial charge >= 0.3 is 0 Å². The average Bonchev–Trinajstić information content (AvgIpc) is 2.63. The van der Waals surface area contributed by atoms with Crippen molar-refractivity contribution >= 4 is 17.4 Å². The second kappa shape index (κ2) is 4.92. The molecule has 0 bridgehead atoms. The fraction of sp³-hybridized carbons (Fsp3) is 0.462. The first-order chi connectivity index (χ1) is 8.37. The molecule has 98 valence electrons. The van der Waals surface area contributed by atoms with Gasteiger partial charge in [-0.05, 0) is 24.1 Å². The topological polar surface area (TPSA) is 17.1 Å². The van der Waals surface area contributed by atoms with Crippen LogP contribution < -0.4 is 0 Å². The minimum Gasteiger partial charge on any atom is -0.299 e. The molecule has 0 heterocycles. The fourth-order valence-electron chi connectivity index (χ4n) is 2.22. The van der Waals surface area contributed by atoms with E-state index in [9.17, 15) is 18.0 Å². The molecule has 18 heavy (non-hydrogen) atoms. The van der Waals surface area contributed by atoms with Gasteiger partial charge in [-0.2, -0.15) is 0 Å². The van der Waals surface area contributed by atoms with Crippen molar-refractivity contribution in [2.45, 2.75) is 31.6 Å². The Kier molecular flexibility index (Phi) is 3.66. The molecular weight excluding hydrogens is 265 g/mol. The van der Waals surface area contributed by atoms with Crippen LogP contribution in [-0.4, -0.2) is 11.7 Å². The van der Waals surface area contributed by atoms with Gasteiger partial charge in [0.05, 0.1) is 0 Å². The third kappa shape index (κ3) is 3.05. The van der Waals surface area contributed by atoms with E-state index in [1.807, 2.05) is 0 Å². The highest BCUT2D eigenvalue weighted by molar-refractivity contribution is 6.30. The van der Waals surface area contributed by atoms with Gasteiger partial charge in [-0.1, -0.05) is 17.7 Å². The number of rotatable bonds is 3. The van der Waals surface area contributed by atoms with Crippen molar-refractivity contribution in [1.82, 2.24) is 0 Å². The molecule has 1 nitrogen and oxygen atoms in total. The number of alkyl halides is 2. The number of Topliss-reactive ketones (excluding diaryl/α,β-unsaturated/α-hetero) is 1. The van der Waals surface area contributed by atoms with Gasteiger partial charge < -0.3 is 0 Å². The van der Waals surface area contributed by atoms with Crippen LogP contribution in [0.2, 0.25) is 5.02 Å². The molecule has 1 aliphatic rings. The maximum atomic E-state index is 13.5. The SMILES string of the molecule is O=C(Cc1ccc(Cl)cc1F)C1CCC(F)(F)C1. The first kappa shape index (κ1) is 13.4. The molecule has 0 radical (unpaired) electrons. The normalized spacial score (nSPS) is 22.1. The number of hydrogen-bond donors (Lipinski definition) is 0. The minimum atomic E-state index is -2.75. The monoisotopic (exact) mass is 276 g/mol. The highest BCUT2D eigenvalue weighted by Crippen LogP contribution is 2.39. The lowest BCUT2D eigenvalue weighted by Gasteiger charge is -2.10. The van der Waals surface area contributed by atoms with Gasteiger partial charge in [0.15, 0.2) is 0 Å². The Morgan fingerprint density at radius 2 is 2.17 bits per heavy atom. The molecule has 1 saturated carbocycles. The van der Waals surface area contributed by atoms with E-state index in [2.05, 4.69) is 0 Å². The van der Waals surface area contributed by atoms with Crippen molar-refractivity contribution < 1.29 is 18.0 Å². The molecule has 2 rings (SSSR count). The lowest BCUT2D eigenvalue weighted by atomic mass is 9.96. The molecule has 0 spiro atoms. The zero-order chi connectivity index (χ0) is 13.3. The molecule has 1 atom stereocenters. The first-order valence-electron chi connectivity index (χ1n) is 5.72. The van der Waals surface area contributed by atoms with Crippen LogP contribution >= 0.6 is 11.6 Å². The number of halogens is 4. The summed E-state index contributed by atoms with van der Waals surface area (Å²) in [7, 11) is 0. The Morgan fingerprint density at radius 3 is 2.72 bits per heavy atom. The fourth-order valence-corrected chi connectivity index (χ4v) is 2.38. The Balaban J connectivity index is 2.04. The third-order valence-electron chi connectivity index (χ3n) is 3.24. The largest absolute Gasteiger partial charge is 0.299 e. The molecule has 1 aromatic rings. The Hall–Kier alpha value is -1.03. The average molecular weight is 277 g/mol. The van der Waals surface area contributed by atoms with Crippen LogP contribution in [0.4, 0.5) is 13.2 Å². The Labute approximate surface area is 108 Å². The minimum absolute atomic E-state index is 0.149. The van der Waals surface area contributed by atoms with E-state index in [1.165, 1.54) is 12.1 Å². The quantitative estimate of drug-likeness (QED) is 0.815. The van der Waals surface area contributed by atoms with Crippen molar-refractivity contribution in [2.24, 2.45) is 5.92 Å². The third-order valence-corrected chi connectivity index (χ3v) is 3.47. The van der Waals surface area contributed by atoms with Crippen LogP contribution in [0.15, 0.2) is 18.2 Å². The molecule has 0 amide bonds. The maximum Gasteiger partial charge on any atom is 0.248 e. The van der Waals surface area contributed by atoms with Gasteiger partial charge in [-0.15, -0.1) is 0 Å². The van der Waals surface area contributed by atoms with Gasteiger partial charge in [0.25, 0.3) is 0 Å². The number of ketones is 1. The highest BCUT2D eigenvalue weighted by Gasteiger charge is 2.42. The van der Waals surface area contributed by atoms with E-state index in [0.717, 1.165) is 6.07 Å². The van der Waals surface area contributed by atoms with Crippen LogP contribution in [0, 0.1) is 11.7 Å². The highest BCUT2D eigenvalue weighted by atomic mass is 35.5. The molecule has 0 aromatic heterocycles. The molecule has 0 aliphatic heterocycles. The van der Waals surface area contributed by atoms with E-state index < -0.39 is 24.1 Å².